The van der Waals surface area contributed by atoms with Crippen molar-refractivity contribution in [2.24, 2.45) is 11.5 Å². The molecule has 0 aromatic heterocycles. The topological polar surface area (TPSA) is 215 Å². The summed E-state index contributed by atoms with van der Waals surface area (Å²) in [6, 6.07) is 13.3. The zero-order chi connectivity index (χ0) is 34.1. The number of primary amides is 2. The van der Waals surface area contributed by atoms with E-state index in [4.69, 9.17) is 20.9 Å². The zero-order valence-corrected chi connectivity index (χ0v) is 23.8. The van der Waals surface area contributed by atoms with Gasteiger partial charge < -0.3 is 31.6 Å². The lowest BCUT2D eigenvalue weighted by Crippen LogP contribution is -2.50. The Labute approximate surface area is 257 Å². The summed E-state index contributed by atoms with van der Waals surface area (Å²) in [5, 5.41) is 26.9. The Morgan fingerprint density at radius 3 is 1.96 bits per heavy atom. The molecule has 0 saturated heterocycles. The van der Waals surface area contributed by atoms with E-state index in [1.165, 1.54) is 0 Å². The van der Waals surface area contributed by atoms with Crippen LogP contribution in [-0.2, 0) is 11.3 Å². The normalized spacial score (nSPS) is 11.5. The van der Waals surface area contributed by atoms with Crippen molar-refractivity contribution in [1.82, 2.24) is 0 Å². The number of ether oxygens (including phenoxy) is 2. The third-order valence-electron chi connectivity index (χ3n) is 6.37. The molecular weight excluding hydrogens is 624 g/mol. The van der Waals surface area contributed by atoms with Crippen LogP contribution in [0.4, 0.5) is 40.3 Å². The Kier molecular flexibility index (Phi) is 11.4. The Balaban J connectivity index is 1.74. The third kappa shape index (κ3) is 9.00. The minimum Gasteiger partial charge on any atom is -0.491 e. The average molecular weight is 653 g/mol. The summed E-state index contributed by atoms with van der Waals surface area (Å²) < 4.78 is 70.3. The van der Waals surface area contributed by atoms with E-state index in [1.807, 2.05) is 41.0 Å². The molecule has 0 unspecified atom stereocenters. The number of nitrogens with one attached hydrogen (secondary N) is 2. The van der Waals surface area contributed by atoms with Gasteiger partial charge in [0.05, 0.1) is 42.8 Å². The molecule has 246 valence electrons. The first-order chi connectivity index (χ1) is 21.6. The maximum Gasteiger partial charge on any atom is 0.328 e. The summed E-state index contributed by atoms with van der Waals surface area (Å²) in [4.78, 5) is 44.0. The van der Waals surface area contributed by atoms with Crippen LogP contribution in [0, 0.1) is 20.2 Å². The maximum atomic E-state index is 14.9. The van der Waals surface area contributed by atoms with Crippen molar-refractivity contribution in [2.75, 3.05) is 36.9 Å². The van der Waals surface area contributed by atoms with Gasteiger partial charge in [0.1, 0.15) is 11.4 Å². The lowest BCUT2D eigenvalue weighted by atomic mass is 10.1. The molecule has 0 aliphatic heterocycles. The van der Waals surface area contributed by atoms with E-state index in [1.54, 1.807) is 0 Å². The number of benzene rings is 3. The lowest BCUT2D eigenvalue weighted by Gasteiger charge is -2.28. The molecule has 0 bridgehead atoms. The fourth-order valence-electron chi connectivity index (χ4n) is 3.94. The maximum absolute atomic E-state index is 14.9. The van der Waals surface area contributed by atoms with E-state index in [-0.39, 0.29) is 31.8 Å². The van der Waals surface area contributed by atoms with Gasteiger partial charge >= 0.3 is 11.8 Å². The standard InChI is InChI=1S/C28H28F4N6O8/c29-27(30,15-35-20-8-7-18(25(33)39)11-21(20)37(41)42)28(31,32)16-36-24-22(38(43)44)12-19(26(34)40)13-23(24)46-10-4-9-45-14-17-5-2-1-3-6-17/h1-3,5-8,11-13,35-36H,4,9-10,14-16H2,(H2,33,39)(H2,34,40). The van der Waals surface area contributed by atoms with Crippen LogP contribution in [0.1, 0.15) is 32.7 Å². The van der Waals surface area contributed by atoms with E-state index >= 15 is 0 Å². The highest BCUT2D eigenvalue weighted by molar-refractivity contribution is 5.96. The van der Waals surface area contributed by atoms with Crippen LogP contribution in [0.5, 0.6) is 5.75 Å². The van der Waals surface area contributed by atoms with Gasteiger partial charge in [0, 0.05) is 29.7 Å². The zero-order valence-electron chi connectivity index (χ0n) is 23.8. The summed E-state index contributed by atoms with van der Waals surface area (Å²) in [5.74, 6) is -12.4. The van der Waals surface area contributed by atoms with E-state index in [2.05, 4.69) is 0 Å². The molecule has 14 nitrogen and oxygen atoms in total. The molecule has 3 rings (SSSR count). The number of halogens is 4. The van der Waals surface area contributed by atoms with Crippen molar-refractivity contribution in [3.05, 3.63) is 97.6 Å². The van der Waals surface area contributed by atoms with Crippen LogP contribution < -0.4 is 26.8 Å². The van der Waals surface area contributed by atoms with Gasteiger partial charge in [-0.3, -0.25) is 29.8 Å². The molecule has 0 radical (unpaired) electrons. The second kappa shape index (κ2) is 15.0. The summed E-state index contributed by atoms with van der Waals surface area (Å²) in [6.45, 7) is -3.41. The average Bonchev–Trinajstić information content (AvgIpc) is 3.00. The van der Waals surface area contributed by atoms with Crippen LogP contribution in [-0.4, -0.2) is 59.8 Å². The fraction of sp³-hybridized carbons (Fsp3) is 0.286. The van der Waals surface area contributed by atoms with Gasteiger partial charge in [-0.2, -0.15) is 17.6 Å². The minimum atomic E-state index is -4.90. The number of nitrogens with zero attached hydrogens (tertiary/aromatic N) is 2. The Hall–Kier alpha value is -5.52. The summed E-state index contributed by atoms with van der Waals surface area (Å²) in [5.41, 5.74) is 7.33. The molecule has 0 atom stereocenters. The first kappa shape index (κ1) is 35.0. The van der Waals surface area contributed by atoms with Gasteiger partial charge in [-0.05, 0) is 23.8 Å². The second-order valence-corrected chi connectivity index (χ2v) is 9.70. The van der Waals surface area contributed by atoms with E-state index in [9.17, 15) is 47.4 Å². The van der Waals surface area contributed by atoms with Crippen LogP contribution in [0.15, 0.2) is 60.7 Å². The SMILES string of the molecule is NC(=O)c1ccc(NCC(F)(F)C(F)(F)CNc2c(OCCCOCc3ccccc3)cc(C(N)=O)cc2[N+](=O)[O-])c([N+](=O)[O-])c1. The molecule has 0 saturated carbocycles. The van der Waals surface area contributed by atoms with Gasteiger partial charge in [-0.15, -0.1) is 0 Å². The quantitative estimate of drug-likeness (QED) is 0.0654. The molecule has 0 fully saturated rings. The number of anilines is 2. The first-order valence-corrected chi connectivity index (χ1v) is 13.3. The number of nitro benzene ring substituents is 2. The lowest BCUT2D eigenvalue weighted by molar-refractivity contribution is -0.384. The predicted molar refractivity (Wildman–Crippen MR) is 156 cm³/mol. The molecule has 3 aromatic rings. The number of carbonyl (C=O) groups is 2. The highest BCUT2D eigenvalue weighted by Gasteiger charge is 2.56. The Morgan fingerprint density at radius 2 is 1.37 bits per heavy atom. The van der Waals surface area contributed by atoms with Crippen molar-refractivity contribution < 1.29 is 46.5 Å². The highest BCUT2D eigenvalue weighted by atomic mass is 19.3. The van der Waals surface area contributed by atoms with Crippen molar-refractivity contribution in [3.63, 3.8) is 0 Å². The summed E-state index contributed by atoms with van der Waals surface area (Å²) in [7, 11) is 0. The number of hydrogen-bond donors (Lipinski definition) is 4. The van der Waals surface area contributed by atoms with Crippen molar-refractivity contribution >= 4 is 34.6 Å². The predicted octanol–water partition coefficient (Wildman–Crippen LogP) is 4.48. The largest absolute Gasteiger partial charge is 0.491 e. The molecule has 0 spiro atoms. The summed E-state index contributed by atoms with van der Waals surface area (Å²) in [6.07, 6.45) is 0.216. The highest BCUT2D eigenvalue weighted by Crippen LogP contribution is 2.40. The van der Waals surface area contributed by atoms with E-state index in [0.29, 0.717) is 12.1 Å². The molecule has 0 heterocycles. The minimum absolute atomic E-state index is 0.163. The van der Waals surface area contributed by atoms with Crippen LogP contribution >= 0.6 is 0 Å². The molecule has 6 N–H and O–H groups in total. The molecule has 2 amide bonds. The molecule has 46 heavy (non-hydrogen) atoms. The smallest absolute Gasteiger partial charge is 0.328 e. The van der Waals surface area contributed by atoms with Gasteiger partial charge in [-0.1, -0.05) is 30.3 Å². The van der Waals surface area contributed by atoms with Crippen LogP contribution in [0.3, 0.4) is 0 Å². The molecule has 0 aliphatic rings. The number of rotatable bonds is 18. The number of hydrogen-bond acceptors (Lipinski definition) is 10. The van der Waals surface area contributed by atoms with Gasteiger partial charge in [-0.25, -0.2) is 0 Å². The Bertz CT molecular complexity index is 1590. The monoisotopic (exact) mass is 652 g/mol. The third-order valence-corrected chi connectivity index (χ3v) is 6.37. The van der Waals surface area contributed by atoms with Crippen molar-refractivity contribution in [3.8, 4) is 5.75 Å². The fourth-order valence-corrected chi connectivity index (χ4v) is 3.94. The van der Waals surface area contributed by atoms with Gasteiger partial charge in [0.15, 0.2) is 5.69 Å². The second-order valence-electron chi connectivity index (χ2n) is 9.70. The van der Waals surface area contributed by atoms with E-state index < -0.39 is 80.7 Å². The number of carbonyl (C=O) groups excluding carboxylic acids is 2. The Morgan fingerprint density at radius 1 is 0.783 bits per heavy atom. The van der Waals surface area contributed by atoms with Crippen LogP contribution in [0.2, 0.25) is 0 Å². The number of nitro groups is 2. The molecule has 0 aliphatic carbocycles. The van der Waals surface area contributed by atoms with Crippen molar-refractivity contribution in [1.29, 1.82) is 0 Å². The molecular formula is C28H28F4N6O8. The first-order valence-electron chi connectivity index (χ1n) is 13.3. The number of alkyl halides is 4. The summed E-state index contributed by atoms with van der Waals surface area (Å²) >= 11 is 0. The van der Waals surface area contributed by atoms with Crippen LogP contribution in [0.25, 0.3) is 0 Å². The van der Waals surface area contributed by atoms with Gasteiger partial charge in [0.25, 0.3) is 11.4 Å². The van der Waals surface area contributed by atoms with Gasteiger partial charge in [0.2, 0.25) is 11.8 Å². The number of nitrogens with two attached hydrogens (primary N) is 2. The van der Waals surface area contributed by atoms with E-state index in [0.717, 1.165) is 23.8 Å². The molecule has 3 aromatic carbocycles. The molecule has 18 heteroatoms. The number of amides is 2. The van der Waals surface area contributed by atoms with Crippen molar-refractivity contribution in [2.45, 2.75) is 24.9 Å².